The maximum absolute atomic E-state index is 13.0. The first-order valence-electron chi connectivity index (χ1n) is 10.2. The summed E-state index contributed by atoms with van der Waals surface area (Å²) in [4.78, 5) is 24.5. The number of aliphatic hydroxyl groups is 1. The van der Waals surface area contributed by atoms with Crippen molar-refractivity contribution >= 4 is 23.2 Å². The van der Waals surface area contributed by atoms with Gasteiger partial charge in [-0.25, -0.2) is 0 Å². The van der Waals surface area contributed by atoms with E-state index in [1.807, 2.05) is 42.5 Å². The topological polar surface area (TPSA) is 126 Å². The molecule has 0 bridgehead atoms. The number of rotatable bonds is 6. The van der Waals surface area contributed by atoms with Crippen molar-refractivity contribution in [3.8, 4) is 5.75 Å². The summed E-state index contributed by atoms with van der Waals surface area (Å²) in [6.07, 6.45) is 0.257. The highest BCUT2D eigenvalue weighted by molar-refractivity contribution is 6.04. The maximum Gasteiger partial charge on any atom is 0.255 e. The lowest BCUT2D eigenvalue weighted by atomic mass is 9.86. The van der Waals surface area contributed by atoms with Gasteiger partial charge in [-0.05, 0) is 41.5 Å². The third-order valence-corrected chi connectivity index (χ3v) is 5.34. The fourth-order valence-corrected chi connectivity index (χ4v) is 3.64. The number of fused-ring (bicyclic) bond motifs is 1. The van der Waals surface area contributed by atoms with Crippen molar-refractivity contribution in [2.75, 3.05) is 12.4 Å². The molecule has 3 aromatic carbocycles. The van der Waals surface area contributed by atoms with E-state index in [9.17, 15) is 14.7 Å². The van der Waals surface area contributed by atoms with Crippen molar-refractivity contribution < 1.29 is 19.4 Å². The number of carbonyl (C=O) groups excluding carboxylic acids is 2. The number of methoxy groups -OCH3 is 1. The van der Waals surface area contributed by atoms with Crippen molar-refractivity contribution in [3.05, 3.63) is 101 Å². The maximum atomic E-state index is 13.0. The molecule has 1 atom stereocenters. The number of carbonyl (C=O) groups is 2. The number of hydrogen-bond acceptors (Lipinski definition) is 6. The number of aliphatic hydroxyl groups excluding tert-OH is 1. The predicted molar refractivity (Wildman–Crippen MR) is 124 cm³/mol. The number of amides is 2. The summed E-state index contributed by atoms with van der Waals surface area (Å²) in [7, 11) is 1.47. The lowest BCUT2D eigenvalue weighted by Gasteiger charge is -2.24. The van der Waals surface area contributed by atoms with Gasteiger partial charge in [-0.3, -0.25) is 9.59 Å². The molecule has 0 saturated heterocycles. The molecule has 1 aliphatic rings. The Labute approximate surface area is 190 Å². The Morgan fingerprint density at radius 3 is 2.52 bits per heavy atom. The van der Waals surface area contributed by atoms with Crippen LogP contribution in [0, 0.1) is 0 Å². The van der Waals surface area contributed by atoms with Gasteiger partial charge in [0.25, 0.3) is 5.91 Å². The standard InChI is InChI=1S/C25H22N4O4/c1-33-21-12-11-16(24(26)31)14-20(21)28-29-22-18-10-6-5-7-15(18)13-19(23(22)30)25(32)27-17-8-3-2-4-9-17/h2-12,14,22,30H,13H2,1H3,(H2,26,31)(H,27,32)/b29-28+. The summed E-state index contributed by atoms with van der Waals surface area (Å²) in [6.45, 7) is 0. The summed E-state index contributed by atoms with van der Waals surface area (Å²) in [6, 6.07) is 20.1. The third kappa shape index (κ3) is 4.59. The molecule has 0 spiro atoms. The molecule has 0 aromatic heterocycles. The first-order valence-corrected chi connectivity index (χ1v) is 10.2. The molecule has 0 aliphatic heterocycles. The second kappa shape index (κ2) is 9.35. The predicted octanol–water partition coefficient (Wildman–Crippen LogP) is 4.63. The summed E-state index contributed by atoms with van der Waals surface area (Å²) in [5, 5.41) is 22.4. The van der Waals surface area contributed by atoms with Gasteiger partial charge >= 0.3 is 0 Å². The van der Waals surface area contributed by atoms with Crippen molar-refractivity contribution in [1.82, 2.24) is 0 Å². The molecule has 33 heavy (non-hydrogen) atoms. The van der Waals surface area contributed by atoms with Crippen LogP contribution in [0.3, 0.4) is 0 Å². The second-order valence-corrected chi connectivity index (χ2v) is 7.43. The van der Waals surface area contributed by atoms with Crippen LogP contribution in [-0.4, -0.2) is 24.0 Å². The van der Waals surface area contributed by atoms with Gasteiger partial charge in [0.15, 0.2) is 6.04 Å². The smallest absolute Gasteiger partial charge is 0.255 e. The van der Waals surface area contributed by atoms with Crippen molar-refractivity contribution in [1.29, 1.82) is 0 Å². The normalized spacial score (nSPS) is 15.2. The minimum absolute atomic E-state index is 0.184. The number of hydrogen-bond donors (Lipinski definition) is 3. The van der Waals surface area contributed by atoms with Crippen molar-refractivity contribution in [3.63, 3.8) is 0 Å². The monoisotopic (exact) mass is 442 g/mol. The summed E-state index contributed by atoms with van der Waals surface area (Å²) in [5.41, 5.74) is 8.31. The molecule has 2 amide bonds. The Balaban J connectivity index is 1.72. The lowest BCUT2D eigenvalue weighted by molar-refractivity contribution is -0.113. The quantitative estimate of drug-likeness (QED) is 0.481. The van der Waals surface area contributed by atoms with Gasteiger partial charge in [-0.15, -0.1) is 0 Å². The number of para-hydroxylation sites is 1. The van der Waals surface area contributed by atoms with Gasteiger partial charge in [0, 0.05) is 17.7 Å². The van der Waals surface area contributed by atoms with Gasteiger partial charge in [0.05, 0.1) is 12.7 Å². The molecule has 4 N–H and O–H groups in total. The zero-order valence-corrected chi connectivity index (χ0v) is 17.9. The number of benzene rings is 3. The van der Waals surface area contributed by atoms with E-state index in [1.165, 1.54) is 19.2 Å². The number of azo groups is 1. The molecular weight excluding hydrogens is 420 g/mol. The van der Waals surface area contributed by atoms with E-state index in [0.29, 0.717) is 11.4 Å². The number of anilines is 1. The molecule has 0 fully saturated rings. The van der Waals surface area contributed by atoms with Crippen LogP contribution in [0.4, 0.5) is 11.4 Å². The van der Waals surface area contributed by atoms with E-state index < -0.39 is 17.9 Å². The fourth-order valence-electron chi connectivity index (χ4n) is 3.64. The van der Waals surface area contributed by atoms with Crippen molar-refractivity contribution in [2.24, 2.45) is 16.0 Å². The molecule has 1 aliphatic carbocycles. The van der Waals surface area contributed by atoms with Crippen LogP contribution in [0.5, 0.6) is 5.75 Å². The van der Waals surface area contributed by atoms with Gasteiger partial charge in [0.2, 0.25) is 5.91 Å². The zero-order chi connectivity index (χ0) is 23.4. The molecular formula is C25H22N4O4. The number of nitrogens with one attached hydrogen (secondary N) is 1. The highest BCUT2D eigenvalue weighted by atomic mass is 16.5. The molecule has 0 radical (unpaired) electrons. The number of ether oxygens (including phenoxy) is 1. The van der Waals surface area contributed by atoms with E-state index in [4.69, 9.17) is 10.5 Å². The number of nitrogens with two attached hydrogens (primary N) is 1. The Morgan fingerprint density at radius 1 is 1.06 bits per heavy atom. The summed E-state index contributed by atoms with van der Waals surface area (Å²) in [5.74, 6) is -0.823. The first kappa shape index (κ1) is 21.8. The minimum atomic E-state index is -0.895. The average molecular weight is 442 g/mol. The molecule has 166 valence electrons. The highest BCUT2D eigenvalue weighted by Crippen LogP contribution is 2.38. The number of primary amides is 1. The molecule has 0 heterocycles. The number of nitrogens with zero attached hydrogens (tertiary/aromatic N) is 2. The van der Waals surface area contributed by atoms with Gasteiger partial charge in [-0.2, -0.15) is 10.2 Å². The molecule has 0 saturated carbocycles. The van der Waals surface area contributed by atoms with Crippen LogP contribution in [0.2, 0.25) is 0 Å². The molecule has 8 heteroatoms. The van der Waals surface area contributed by atoms with Crippen molar-refractivity contribution in [2.45, 2.75) is 12.5 Å². The Kier molecular flexibility index (Phi) is 6.17. The molecule has 8 nitrogen and oxygen atoms in total. The molecule has 1 unspecified atom stereocenters. The average Bonchev–Trinajstić information content (AvgIpc) is 2.83. The second-order valence-electron chi connectivity index (χ2n) is 7.43. The van der Waals surface area contributed by atoms with E-state index in [1.54, 1.807) is 18.2 Å². The van der Waals surface area contributed by atoms with Crippen LogP contribution >= 0.6 is 0 Å². The van der Waals surface area contributed by atoms with Gasteiger partial charge in [-0.1, -0.05) is 42.5 Å². The highest BCUT2D eigenvalue weighted by Gasteiger charge is 2.31. The fraction of sp³-hybridized carbons (Fsp3) is 0.120. The zero-order valence-electron chi connectivity index (χ0n) is 17.9. The SMILES string of the molecule is COc1ccc(C(N)=O)cc1/N=N/C1C(O)=C(C(=O)Nc2ccccc2)Cc2ccccc21. The Hall–Kier alpha value is -4.46. The first-order chi connectivity index (χ1) is 16.0. The van der Waals surface area contributed by atoms with Crippen LogP contribution < -0.4 is 15.8 Å². The molecule has 4 rings (SSSR count). The van der Waals surface area contributed by atoms with E-state index in [0.717, 1.165) is 11.1 Å². The van der Waals surface area contributed by atoms with Crippen LogP contribution in [-0.2, 0) is 11.2 Å². The van der Waals surface area contributed by atoms with Crippen LogP contribution in [0.15, 0.2) is 94.4 Å². The van der Waals surface area contributed by atoms with Crippen LogP contribution in [0.25, 0.3) is 0 Å². The largest absolute Gasteiger partial charge is 0.509 e. The summed E-state index contributed by atoms with van der Waals surface area (Å²) < 4.78 is 5.30. The van der Waals surface area contributed by atoms with Gasteiger partial charge in [0.1, 0.15) is 17.2 Å². The van der Waals surface area contributed by atoms with E-state index >= 15 is 0 Å². The third-order valence-electron chi connectivity index (χ3n) is 5.34. The minimum Gasteiger partial charge on any atom is -0.509 e. The van der Waals surface area contributed by atoms with Gasteiger partial charge < -0.3 is 20.9 Å². The van der Waals surface area contributed by atoms with E-state index in [2.05, 4.69) is 15.5 Å². The summed E-state index contributed by atoms with van der Waals surface area (Å²) >= 11 is 0. The van der Waals surface area contributed by atoms with E-state index in [-0.39, 0.29) is 29.0 Å². The lowest BCUT2D eigenvalue weighted by Crippen LogP contribution is -2.23. The molecule has 3 aromatic rings. The van der Waals surface area contributed by atoms with Crippen LogP contribution in [0.1, 0.15) is 27.5 Å². The Bertz CT molecular complexity index is 1270. The Morgan fingerprint density at radius 2 is 1.79 bits per heavy atom.